The second-order valence-electron chi connectivity index (χ2n) is 5.45. The van der Waals surface area contributed by atoms with Gasteiger partial charge in [0.1, 0.15) is 17.3 Å². The lowest BCUT2D eigenvalue weighted by Gasteiger charge is -2.04. The number of rotatable bonds is 3. The van der Waals surface area contributed by atoms with Crippen LogP contribution in [0.2, 0.25) is 0 Å². The molecule has 0 saturated carbocycles. The van der Waals surface area contributed by atoms with Gasteiger partial charge in [0.15, 0.2) is 11.4 Å². The van der Waals surface area contributed by atoms with E-state index in [0.29, 0.717) is 23.4 Å². The van der Waals surface area contributed by atoms with Crippen molar-refractivity contribution in [1.29, 1.82) is 5.26 Å². The monoisotopic (exact) mass is 331 g/mol. The predicted molar refractivity (Wildman–Crippen MR) is 90.8 cm³/mol. The Balaban J connectivity index is 1.94. The number of nitrogens with zero attached hydrogens (tertiary/aromatic N) is 4. The van der Waals surface area contributed by atoms with E-state index < -0.39 is 0 Å². The van der Waals surface area contributed by atoms with E-state index in [-0.39, 0.29) is 22.7 Å². The number of fused-ring (bicyclic) bond motifs is 1. The number of oxazole rings is 1. The van der Waals surface area contributed by atoms with E-state index in [0.717, 1.165) is 5.56 Å². The van der Waals surface area contributed by atoms with E-state index in [4.69, 9.17) is 4.42 Å². The summed E-state index contributed by atoms with van der Waals surface area (Å²) in [6, 6.07) is 11.6. The summed E-state index contributed by atoms with van der Waals surface area (Å²) in [5.74, 6) is 0.856. The highest BCUT2D eigenvalue weighted by Crippen LogP contribution is 2.26. The van der Waals surface area contributed by atoms with Crippen molar-refractivity contribution in [2.24, 2.45) is 0 Å². The fourth-order valence-corrected chi connectivity index (χ4v) is 2.75. The quantitative estimate of drug-likeness (QED) is 0.622. The van der Waals surface area contributed by atoms with Crippen molar-refractivity contribution in [2.45, 2.75) is 13.3 Å². The highest BCUT2D eigenvalue weighted by molar-refractivity contribution is 5.64. The number of aromatic amines is 1. The third-order valence-electron chi connectivity index (χ3n) is 4.00. The molecule has 25 heavy (non-hydrogen) atoms. The minimum absolute atomic E-state index is 0.261. The molecule has 0 radical (unpaired) electrons. The van der Waals surface area contributed by atoms with Crippen LogP contribution in [0.3, 0.4) is 0 Å². The normalized spacial score (nSPS) is 10.9. The molecule has 0 amide bonds. The molecular formula is C18H13N5O2. The second kappa shape index (κ2) is 5.76. The lowest BCUT2D eigenvalue weighted by molar-refractivity contribution is 0.584. The Bertz CT molecular complexity index is 1160. The van der Waals surface area contributed by atoms with Gasteiger partial charge in [0.25, 0.3) is 5.56 Å². The second-order valence-corrected chi connectivity index (χ2v) is 5.45. The average molecular weight is 331 g/mol. The van der Waals surface area contributed by atoms with Gasteiger partial charge in [0.2, 0.25) is 5.89 Å². The van der Waals surface area contributed by atoms with E-state index in [1.807, 2.05) is 43.3 Å². The Kier molecular flexibility index (Phi) is 3.43. The molecule has 0 unspecified atom stereocenters. The van der Waals surface area contributed by atoms with Gasteiger partial charge in [0.05, 0.1) is 11.8 Å². The molecule has 122 valence electrons. The molecule has 0 aliphatic heterocycles. The summed E-state index contributed by atoms with van der Waals surface area (Å²) in [4.78, 5) is 21.4. The fourth-order valence-electron chi connectivity index (χ4n) is 2.75. The first kappa shape index (κ1) is 14.9. The standard InChI is InChI=1S/C18H13N5O2/c1-2-13-15(22-16-12(8-19)9-21-23(16)18(13)24)17-20-10-14(25-17)11-6-4-3-5-7-11/h3-7,9-10,21H,2H2,1H3. The summed E-state index contributed by atoms with van der Waals surface area (Å²) in [6.45, 7) is 1.86. The molecule has 3 heterocycles. The Morgan fingerprint density at radius 3 is 2.84 bits per heavy atom. The van der Waals surface area contributed by atoms with Crippen LogP contribution >= 0.6 is 0 Å². The molecule has 0 aliphatic rings. The van der Waals surface area contributed by atoms with Crippen molar-refractivity contribution in [1.82, 2.24) is 19.6 Å². The lowest BCUT2D eigenvalue weighted by atomic mass is 10.1. The maximum atomic E-state index is 12.7. The van der Waals surface area contributed by atoms with Crippen molar-refractivity contribution < 1.29 is 4.42 Å². The minimum Gasteiger partial charge on any atom is -0.435 e. The van der Waals surface area contributed by atoms with E-state index in [2.05, 4.69) is 15.1 Å². The molecule has 0 aliphatic carbocycles. The third kappa shape index (κ3) is 2.32. The first-order valence-electron chi connectivity index (χ1n) is 7.77. The van der Waals surface area contributed by atoms with Crippen LogP contribution in [-0.4, -0.2) is 19.6 Å². The number of nitriles is 1. The fraction of sp³-hybridized carbons (Fsp3) is 0.111. The van der Waals surface area contributed by atoms with Crippen molar-refractivity contribution in [2.75, 3.05) is 0 Å². The number of H-pyrrole nitrogens is 1. The highest BCUT2D eigenvalue weighted by Gasteiger charge is 2.20. The zero-order chi connectivity index (χ0) is 17.4. The van der Waals surface area contributed by atoms with Gasteiger partial charge in [-0.3, -0.25) is 9.89 Å². The largest absolute Gasteiger partial charge is 0.435 e. The van der Waals surface area contributed by atoms with Gasteiger partial charge in [-0.05, 0) is 6.42 Å². The Labute approximate surface area is 142 Å². The van der Waals surface area contributed by atoms with Crippen LogP contribution in [0.1, 0.15) is 18.1 Å². The average Bonchev–Trinajstić information content (AvgIpc) is 3.29. The van der Waals surface area contributed by atoms with Gasteiger partial charge < -0.3 is 4.42 Å². The Morgan fingerprint density at radius 2 is 2.12 bits per heavy atom. The minimum atomic E-state index is -0.261. The van der Waals surface area contributed by atoms with Gasteiger partial charge in [0, 0.05) is 11.8 Å². The van der Waals surface area contributed by atoms with Crippen molar-refractivity contribution in [3.05, 3.63) is 64.2 Å². The van der Waals surface area contributed by atoms with Crippen LogP contribution < -0.4 is 5.56 Å². The molecule has 0 fully saturated rings. The van der Waals surface area contributed by atoms with Gasteiger partial charge in [-0.25, -0.2) is 14.5 Å². The molecule has 0 spiro atoms. The van der Waals surface area contributed by atoms with Crippen LogP contribution in [0.4, 0.5) is 0 Å². The summed E-state index contributed by atoms with van der Waals surface area (Å²) >= 11 is 0. The number of hydrogen-bond donors (Lipinski definition) is 1. The van der Waals surface area contributed by atoms with Gasteiger partial charge in [-0.1, -0.05) is 37.3 Å². The Hall–Kier alpha value is -3.66. The van der Waals surface area contributed by atoms with E-state index in [1.54, 1.807) is 6.20 Å². The van der Waals surface area contributed by atoms with Crippen LogP contribution in [0.25, 0.3) is 28.6 Å². The van der Waals surface area contributed by atoms with Crippen molar-refractivity contribution >= 4 is 5.65 Å². The topological polar surface area (TPSA) is 100.0 Å². The SMILES string of the molecule is CCc1c(-c2ncc(-c3ccccc3)o2)nc2c(C#N)c[nH]n2c1=O. The summed E-state index contributed by atoms with van der Waals surface area (Å²) in [5, 5.41) is 12.0. The molecule has 7 nitrogen and oxygen atoms in total. The summed E-state index contributed by atoms with van der Waals surface area (Å²) in [6.07, 6.45) is 3.53. The first-order chi connectivity index (χ1) is 12.2. The number of hydrogen-bond acceptors (Lipinski definition) is 5. The summed E-state index contributed by atoms with van der Waals surface area (Å²) in [7, 11) is 0. The van der Waals surface area contributed by atoms with E-state index in [9.17, 15) is 10.1 Å². The molecule has 0 saturated heterocycles. The first-order valence-corrected chi connectivity index (χ1v) is 7.77. The maximum absolute atomic E-state index is 12.7. The molecular weight excluding hydrogens is 318 g/mol. The maximum Gasteiger partial charge on any atom is 0.276 e. The van der Waals surface area contributed by atoms with Gasteiger partial charge >= 0.3 is 0 Å². The smallest absolute Gasteiger partial charge is 0.276 e. The lowest BCUT2D eigenvalue weighted by Crippen LogP contribution is -2.21. The van der Waals surface area contributed by atoms with Crippen LogP contribution in [0, 0.1) is 11.3 Å². The third-order valence-corrected chi connectivity index (χ3v) is 4.00. The van der Waals surface area contributed by atoms with E-state index >= 15 is 0 Å². The zero-order valence-corrected chi connectivity index (χ0v) is 13.4. The molecule has 1 N–H and O–H groups in total. The molecule has 7 heteroatoms. The Morgan fingerprint density at radius 1 is 1.32 bits per heavy atom. The number of benzene rings is 1. The molecule has 0 bridgehead atoms. The molecule has 4 rings (SSSR count). The zero-order valence-electron chi connectivity index (χ0n) is 13.4. The summed E-state index contributed by atoms with van der Waals surface area (Å²) < 4.78 is 7.10. The number of nitrogens with one attached hydrogen (secondary N) is 1. The van der Waals surface area contributed by atoms with Gasteiger partial charge in [-0.15, -0.1) is 0 Å². The molecule has 3 aromatic heterocycles. The van der Waals surface area contributed by atoms with Crippen LogP contribution in [0.5, 0.6) is 0 Å². The van der Waals surface area contributed by atoms with Crippen LogP contribution in [0.15, 0.2) is 51.9 Å². The highest BCUT2D eigenvalue weighted by atomic mass is 16.4. The predicted octanol–water partition coefficient (Wildman–Crippen LogP) is 2.78. The summed E-state index contributed by atoms with van der Waals surface area (Å²) in [5.41, 5.74) is 2.02. The molecule has 4 aromatic rings. The number of aromatic nitrogens is 4. The van der Waals surface area contributed by atoms with Crippen LogP contribution in [-0.2, 0) is 6.42 Å². The van der Waals surface area contributed by atoms with Crippen molar-refractivity contribution in [3.8, 4) is 29.0 Å². The van der Waals surface area contributed by atoms with E-state index in [1.165, 1.54) is 10.7 Å². The van der Waals surface area contributed by atoms with Crippen molar-refractivity contribution in [3.63, 3.8) is 0 Å². The molecule has 1 aromatic carbocycles. The molecule has 0 atom stereocenters. The van der Waals surface area contributed by atoms with Gasteiger partial charge in [-0.2, -0.15) is 5.26 Å².